The largest absolute Gasteiger partial charge is 0.325 e. The van der Waals surface area contributed by atoms with Crippen molar-refractivity contribution in [2.75, 3.05) is 18.4 Å². The van der Waals surface area contributed by atoms with Gasteiger partial charge in [0.1, 0.15) is 11.5 Å². The van der Waals surface area contributed by atoms with Crippen LogP contribution in [0.4, 0.5) is 19.3 Å². The highest BCUT2D eigenvalue weighted by atomic mass is 19.1. The van der Waals surface area contributed by atoms with Crippen LogP contribution in [0.5, 0.6) is 0 Å². The van der Waals surface area contributed by atoms with Crippen molar-refractivity contribution in [3.63, 3.8) is 0 Å². The summed E-state index contributed by atoms with van der Waals surface area (Å²) in [7, 11) is 0. The molecule has 19 heavy (non-hydrogen) atoms. The molecule has 0 bridgehead atoms. The van der Waals surface area contributed by atoms with Gasteiger partial charge in [0, 0.05) is 13.1 Å². The maximum atomic E-state index is 13.8. The molecule has 5 heteroatoms. The van der Waals surface area contributed by atoms with Crippen molar-refractivity contribution in [2.45, 2.75) is 26.7 Å². The van der Waals surface area contributed by atoms with Gasteiger partial charge in [0.15, 0.2) is 5.82 Å². The summed E-state index contributed by atoms with van der Waals surface area (Å²) in [5, 5.41) is 2.34. The van der Waals surface area contributed by atoms with E-state index in [9.17, 15) is 13.6 Å². The van der Waals surface area contributed by atoms with Crippen molar-refractivity contribution in [3.8, 4) is 0 Å². The number of carbonyl (C=O) groups excluding carboxylic acids is 1. The number of rotatable bonds is 1. The number of benzene rings is 1. The molecule has 0 atom stereocenters. The van der Waals surface area contributed by atoms with Crippen LogP contribution in [-0.4, -0.2) is 24.0 Å². The normalized spacial score (nSPS) is 16.5. The summed E-state index contributed by atoms with van der Waals surface area (Å²) in [6.07, 6.45) is 1.85. The topological polar surface area (TPSA) is 32.3 Å². The van der Waals surface area contributed by atoms with Gasteiger partial charge in [0.2, 0.25) is 0 Å². The maximum Gasteiger partial charge on any atom is 0.322 e. The van der Waals surface area contributed by atoms with Gasteiger partial charge in [-0.2, -0.15) is 0 Å². The van der Waals surface area contributed by atoms with E-state index in [1.54, 1.807) is 4.90 Å². The van der Waals surface area contributed by atoms with Crippen LogP contribution in [0.15, 0.2) is 12.1 Å². The van der Waals surface area contributed by atoms with E-state index in [2.05, 4.69) is 12.2 Å². The summed E-state index contributed by atoms with van der Waals surface area (Å²) in [6, 6.07) is 2.07. The number of anilines is 1. The molecule has 2 rings (SSSR count). The van der Waals surface area contributed by atoms with Crippen LogP contribution in [0, 0.1) is 24.5 Å². The molecule has 0 saturated carbocycles. The van der Waals surface area contributed by atoms with Crippen LogP contribution in [-0.2, 0) is 0 Å². The van der Waals surface area contributed by atoms with Gasteiger partial charge in [0.25, 0.3) is 0 Å². The van der Waals surface area contributed by atoms with Crippen molar-refractivity contribution in [2.24, 2.45) is 5.92 Å². The van der Waals surface area contributed by atoms with Gasteiger partial charge < -0.3 is 10.2 Å². The molecule has 1 heterocycles. The zero-order chi connectivity index (χ0) is 14.0. The van der Waals surface area contributed by atoms with Gasteiger partial charge in [-0.3, -0.25) is 0 Å². The smallest absolute Gasteiger partial charge is 0.322 e. The Morgan fingerprint density at radius 2 is 1.95 bits per heavy atom. The van der Waals surface area contributed by atoms with Gasteiger partial charge in [-0.1, -0.05) is 13.0 Å². The fraction of sp³-hybridized carbons (Fsp3) is 0.500. The number of carbonyl (C=O) groups is 1. The highest BCUT2D eigenvalue weighted by Gasteiger charge is 2.22. The van der Waals surface area contributed by atoms with Crippen LogP contribution in [0.1, 0.15) is 25.3 Å². The number of piperidine rings is 1. The van der Waals surface area contributed by atoms with Crippen LogP contribution >= 0.6 is 0 Å². The number of amides is 2. The Bertz CT molecular complexity index is 483. The first-order chi connectivity index (χ1) is 8.99. The number of nitrogens with one attached hydrogen (secondary N) is 1. The lowest BCUT2D eigenvalue weighted by Gasteiger charge is -2.30. The summed E-state index contributed by atoms with van der Waals surface area (Å²) >= 11 is 0. The van der Waals surface area contributed by atoms with E-state index in [0.717, 1.165) is 18.9 Å². The molecule has 0 aliphatic carbocycles. The molecule has 1 N–H and O–H groups in total. The molecule has 0 spiro atoms. The second-order valence-electron chi connectivity index (χ2n) is 5.15. The van der Waals surface area contributed by atoms with Crippen molar-refractivity contribution in [1.82, 2.24) is 4.90 Å². The van der Waals surface area contributed by atoms with Gasteiger partial charge >= 0.3 is 6.03 Å². The lowest BCUT2D eigenvalue weighted by molar-refractivity contribution is 0.186. The molecular formula is C14H18F2N2O. The lowest BCUT2D eigenvalue weighted by Crippen LogP contribution is -2.40. The van der Waals surface area contributed by atoms with E-state index in [1.807, 2.05) is 0 Å². The molecule has 1 aliphatic rings. The van der Waals surface area contributed by atoms with E-state index in [4.69, 9.17) is 0 Å². The molecule has 1 fully saturated rings. The first kappa shape index (κ1) is 13.8. The van der Waals surface area contributed by atoms with Crippen molar-refractivity contribution >= 4 is 11.7 Å². The number of nitrogens with zero attached hydrogens (tertiary/aromatic N) is 1. The molecule has 3 nitrogen and oxygen atoms in total. The Kier molecular flexibility index (Phi) is 4.02. The Labute approximate surface area is 111 Å². The lowest BCUT2D eigenvalue weighted by atomic mass is 10.00. The predicted octanol–water partition coefficient (Wildman–Crippen LogP) is 3.54. The summed E-state index contributed by atoms with van der Waals surface area (Å²) in [4.78, 5) is 13.6. The number of likely N-dealkylation sites (tertiary alicyclic amines) is 1. The number of hydrogen-bond acceptors (Lipinski definition) is 1. The van der Waals surface area contributed by atoms with Crippen LogP contribution in [0.3, 0.4) is 0 Å². The van der Waals surface area contributed by atoms with Crippen LogP contribution in [0.25, 0.3) is 0 Å². The fourth-order valence-electron chi connectivity index (χ4n) is 2.17. The fourth-order valence-corrected chi connectivity index (χ4v) is 2.17. The highest BCUT2D eigenvalue weighted by Crippen LogP contribution is 2.23. The molecule has 1 aromatic rings. The molecular weight excluding hydrogens is 250 g/mol. The van der Waals surface area contributed by atoms with Crippen molar-refractivity contribution < 1.29 is 13.6 Å². The maximum absolute atomic E-state index is 13.8. The zero-order valence-corrected chi connectivity index (χ0v) is 11.2. The number of urea groups is 1. The summed E-state index contributed by atoms with van der Waals surface area (Å²) in [5.74, 6) is -0.864. The molecule has 1 aromatic carbocycles. The predicted molar refractivity (Wildman–Crippen MR) is 70.1 cm³/mol. The minimum atomic E-state index is -0.748. The molecule has 0 unspecified atom stereocenters. The molecule has 104 valence electrons. The van der Waals surface area contributed by atoms with E-state index < -0.39 is 17.7 Å². The first-order valence-electron chi connectivity index (χ1n) is 6.49. The third-order valence-corrected chi connectivity index (χ3v) is 3.59. The molecule has 1 aliphatic heterocycles. The average molecular weight is 268 g/mol. The van der Waals surface area contributed by atoms with Crippen molar-refractivity contribution in [1.29, 1.82) is 0 Å². The van der Waals surface area contributed by atoms with Gasteiger partial charge in [0.05, 0.1) is 0 Å². The van der Waals surface area contributed by atoms with Crippen molar-refractivity contribution in [3.05, 3.63) is 29.3 Å². The Hall–Kier alpha value is -1.65. The molecule has 0 radical (unpaired) electrons. The molecule has 1 saturated heterocycles. The number of hydrogen-bond donors (Lipinski definition) is 1. The average Bonchev–Trinajstić information content (AvgIpc) is 2.40. The van der Waals surface area contributed by atoms with Gasteiger partial charge in [-0.15, -0.1) is 0 Å². The second-order valence-corrected chi connectivity index (χ2v) is 5.15. The Morgan fingerprint density at radius 3 is 2.58 bits per heavy atom. The minimum Gasteiger partial charge on any atom is -0.325 e. The van der Waals surface area contributed by atoms with E-state index in [1.165, 1.54) is 13.0 Å². The first-order valence-corrected chi connectivity index (χ1v) is 6.49. The highest BCUT2D eigenvalue weighted by molar-refractivity contribution is 5.89. The summed E-state index contributed by atoms with van der Waals surface area (Å²) in [5.41, 5.74) is -0.0485. The van der Waals surface area contributed by atoms with E-state index >= 15 is 0 Å². The Morgan fingerprint density at radius 1 is 1.32 bits per heavy atom. The number of halogens is 2. The Balaban J connectivity index is 2.09. The van der Waals surface area contributed by atoms with Gasteiger partial charge in [-0.25, -0.2) is 13.6 Å². The van der Waals surface area contributed by atoms with Crippen LogP contribution in [0.2, 0.25) is 0 Å². The van der Waals surface area contributed by atoms with E-state index in [0.29, 0.717) is 24.6 Å². The third-order valence-electron chi connectivity index (χ3n) is 3.59. The SMILES string of the molecule is Cc1ccc(F)c(NC(=O)N2CCC(C)CC2)c1F. The monoisotopic (exact) mass is 268 g/mol. The van der Waals surface area contributed by atoms with Crippen LogP contribution < -0.4 is 5.32 Å². The zero-order valence-electron chi connectivity index (χ0n) is 11.2. The second kappa shape index (κ2) is 5.55. The minimum absolute atomic E-state index is 0.309. The summed E-state index contributed by atoms with van der Waals surface area (Å²) < 4.78 is 27.3. The standard InChI is InChI=1S/C14H18F2N2O/c1-9-5-7-18(8-6-9)14(19)17-13-11(15)4-3-10(2)12(13)16/h3-4,9H,5-8H2,1-2H3,(H,17,19). The number of aryl methyl sites for hydroxylation is 1. The molecule has 0 aromatic heterocycles. The van der Waals surface area contributed by atoms with Gasteiger partial charge in [-0.05, 0) is 37.3 Å². The summed E-state index contributed by atoms with van der Waals surface area (Å²) in [6.45, 7) is 4.92. The third kappa shape index (κ3) is 3.03. The molecule has 2 amide bonds. The quantitative estimate of drug-likeness (QED) is 0.830. The van der Waals surface area contributed by atoms with E-state index in [-0.39, 0.29) is 5.69 Å².